The second kappa shape index (κ2) is 6.53. The van der Waals surface area contributed by atoms with Crippen molar-refractivity contribution in [2.24, 2.45) is 0 Å². The molecule has 0 saturated carbocycles. The van der Waals surface area contributed by atoms with Gasteiger partial charge in [0.2, 0.25) is 6.10 Å². The van der Waals surface area contributed by atoms with E-state index in [1.807, 2.05) is 24.3 Å². The van der Waals surface area contributed by atoms with E-state index in [0.29, 0.717) is 11.3 Å². The first-order valence-corrected chi connectivity index (χ1v) is 7.83. The lowest BCUT2D eigenvalue weighted by Crippen LogP contribution is -2.21. The van der Waals surface area contributed by atoms with Gasteiger partial charge in [0, 0.05) is 15.6 Å². The molecular formula is C18H19BrO3. The summed E-state index contributed by atoms with van der Waals surface area (Å²) in [6.45, 7) is 6.21. The number of rotatable bonds is 4. The Morgan fingerprint density at radius 1 is 1.14 bits per heavy atom. The van der Waals surface area contributed by atoms with Crippen molar-refractivity contribution < 1.29 is 14.6 Å². The highest BCUT2D eigenvalue weighted by Crippen LogP contribution is 2.36. The third-order valence-corrected chi connectivity index (χ3v) is 3.81. The molecular weight excluding hydrogens is 344 g/mol. The predicted octanol–water partition coefficient (Wildman–Crippen LogP) is 4.95. The molecule has 0 aliphatic heterocycles. The number of ether oxygens (including phenoxy) is 1. The van der Waals surface area contributed by atoms with Crippen molar-refractivity contribution in [2.45, 2.75) is 32.3 Å². The number of aliphatic carboxylic acids is 1. The number of benzene rings is 2. The van der Waals surface area contributed by atoms with Crippen molar-refractivity contribution in [3.05, 3.63) is 64.1 Å². The van der Waals surface area contributed by atoms with E-state index < -0.39 is 12.1 Å². The molecule has 116 valence electrons. The van der Waals surface area contributed by atoms with Crippen LogP contribution in [0.25, 0.3) is 0 Å². The van der Waals surface area contributed by atoms with Crippen LogP contribution < -0.4 is 4.74 Å². The van der Waals surface area contributed by atoms with Gasteiger partial charge in [-0.15, -0.1) is 0 Å². The summed E-state index contributed by atoms with van der Waals surface area (Å²) in [6, 6.07) is 14.6. The number of hydrogen-bond acceptors (Lipinski definition) is 2. The van der Waals surface area contributed by atoms with Crippen LogP contribution in [-0.4, -0.2) is 11.1 Å². The maximum absolute atomic E-state index is 11.6. The summed E-state index contributed by atoms with van der Waals surface area (Å²) in [5.41, 5.74) is 1.43. The van der Waals surface area contributed by atoms with Crippen LogP contribution in [0.4, 0.5) is 0 Å². The number of carboxylic acids is 1. The Hall–Kier alpha value is -1.81. The van der Waals surface area contributed by atoms with Crippen LogP contribution in [-0.2, 0) is 10.2 Å². The molecule has 0 saturated heterocycles. The third kappa shape index (κ3) is 3.89. The van der Waals surface area contributed by atoms with Crippen molar-refractivity contribution >= 4 is 21.9 Å². The minimum Gasteiger partial charge on any atom is -0.478 e. The van der Waals surface area contributed by atoms with Crippen LogP contribution in [0.1, 0.15) is 38.0 Å². The Labute approximate surface area is 139 Å². The molecule has 0 radical (unpaired) electrons. The predicted molar refractivity (Wildman–Crippen MR) is 90.3 cm³/mol. The third-order valence-electron chi connectivity index (χ3n) is 3.32. The SMILES string of the molecule is CC(C)(C)c1cc(Br)ccc1OC(C(=O)O)c1ccccc1. The molecule has 0 heterocycles. The van der Waals surface area contributed by atoms with Gasteiger partial charge in [0.15, 0.2) is 0 Å². The average molecular weight is 363 g/mol. The van der Waals surface area contributed by atoms with Crippen molar-refractivity contribution in [3.8, 4) is 5.75 Å². The molecule has 1 atom stereocenters. The van der Waals surface area contributed by atoms with Gasteiger partial charge in [0.25, 0.3) is 0 Å². The number of hydrogen-bond donors (Lipinski definition) is 1. The Bertz CT molecular complexity index is 660. The Balaban J connectivity index is 2.42. The van der Waals surface area contributed by atoms with E-state index in [0.717, 1.165) is 10.0 Å². The fourth-order valence-electron chi connectivity index (χ4n) is 2.21. The van der Waals surface area contributed by atoms with Crippen LogP contribution in [0, 0.1) is 0 Å². The Kier molecular flexibility index (Phi) is 4.91. The van der Waals surface area contributed by atoms with Gasteiger partial charge in [-0.3, -0.25) is 0 Å². The lowest BCUT2D eigenvalue weighted by Gasteiger charge is -2.25. The van der Waals surface area contributed by atoms with Gasteiger partial charge in [-0.2, -0.15) is 0 Å². The highest BCUT2D eigenvalue weighted by Gasteiger charge is 2.26. The molecule has 0 amide bonds. The molecule has 0 aliphatic carbocycles. The molecule has 1 unspecified atom stereocenters. The molecule has 0 fully saturated rings. The summed E-state index contributed by atoms with van der Waals surface area (Å²) in [4.78, 5) is 11.6. The molecule has 2 aromatic rings. The summed E-state index contributed by atoms with van der Waals surface area (Å²) >= 11 is 3.46. The standard InChI is InChI=1S/C18H19BrO3/c1-18(2,3)14-11-13(19)9-10-15(14)22-16(17(20)21)12-7-5-4-6-8-12/h4-11,16H,1-3H3,(H,20,21). The van der Waals surface area contributed by atoms with Gasteiger partial charge in [0.05, 0.1) is 0 Å². The largest absolute Gasteiger partial charge is 0.478 e. The van der Waals surface area contributed by atoms with Gasteiger partial charge in [-0.1, -0.05) is 67.0 Å². The first-order valence-electron chi connectivity index (χ1n) is 7.03. The first-order chi connectivity index (χ1) is 10.3. The Morgan fingerprint density at radius 3 is 2.32 bits per heavy atom. The van der Waals surface area contributed by atoms with Crippen LogP contribution >= 0.6 is 15.9 Å². The van der Waals surface area contributed by atoms with Crippen LogP contribution in [0.15, 0.2) is 53.0 Å². The summed E-state index contributed by atoms with van der Waals surface area (Å²) in [5.74, 6) is -0.416. The lowest BCUT2D eigenvalue weighted by atomic mass is 9.86. The van der Waals surface area contributed by atoms with Gasteiger partial charge in [-0.05, 0) is 23.6 Å². The highest BCUT2D eigenvalue weighted by molar-refractivity contribution is 9.10. The quantitative estimate of drug-likeness (QED) is 0.836. The normalized spacial score (nSPS) is 12.7. The molecule has 2 rings (SSSR count). The van der Waals surface area contributed by atoms with Crippen LogP contribution in [0.5, 0.6) is 5.75 Å². The summed E-state index contributed by atoms with van der Waals surface area (Å²) < 4.78 is 6.80. The van der Waals surface area contributed by atoms with Gasteiger partial charge in [-0.25, -0.2) is 4.79 Å². The van der Waals surface area contributed by atoms with Crippen LogP contribution in [0.2, 0.25) is 0 Å². The van der Waals surface area contributed by atoms with Crippen molar-refractivity contribution in [2.75, 3.05) is 0 Å². The average Bonchev–Trinajstić information content (AvgIpc) is 2.45. The highest BCUT2D eigenvalue weighted by atomic mass is 79.9. The Morgan fingerprint density at radius 2 is 1.77 bits per heavy atom. The second-order valence-electron chi connectivity index (χ2n) is 6.14. The molecule has 22 heavy (non-hydrogen) atoms. The number of carbonyl (C=O) groups is 1. The second-order valence-corrected chi connectivity index (χ2v) is 7.05. The van der Waals surface area contributed by atoms with E-state index in [4.69, 9.17) is 4.74 Å². The molecule has 0 aliphatic rings. The molecule has 0 aromatic heterocycles. The fraction of sp³-hybridized carbons (Fsp3) is 0.278. The molecule has 2 aromatic carbocycles. The summed E-state index contributed by atoms with van der Waals surface area (Å²) in [7, 11) is 0. The van der Waals surface area contributed by atoms with Crippen molar-refractivity contribution in [1.82, 2.24) is 0 Å². The van der Waals surface area contributed by atoms with E-state index in [2.05, 4.69) is 36.7 Å². The van der Waals surface area contributed by atoms with E-state index in [-0.39, 0.29) is 5.41 Å². The minimum atomic E-state index is -1.02. The van der Waals surface area contributed by atoms with Crippen LogP contribution in [0.3, 0.4) is 0 Å². The fourth-order valence-corrected chi connectivity index (χ4v) is 2.57. The zero-order valence-corrected chi connectivity index (χ0v) is 14.4. The van der Waals surface area contributed by atoms with Crippen molar-refractivity contribution in [1.29, 1.82) is 0 Å². The zero-order chi connectivity index (χ0) is 16.3. The zero-order valence-electron chi connectivity index (χ0n) is 12.8. The molecule has 1 N–H and O–H groups in total. The molecule has 0 bridgehead atoms. The minimum absolute atomic E-state index is 0.154. The topological polar surface area (TPSA) is 46.5 Å². The summed E-state index contributed by atoms with van der Waals surface area (Å²) in [5, 5.41) is 9.50. The molecule has 4 heteroatoms. The smallest absolute Gasteiger partial charge is 0.349 e. The summed E-state index contributed by atoms with van der Waals surface area (Å²) in [6.07, 6.45) is -1.02. The van der Waals surface area contributed by atoms with E-state index in [1.165, 1.54) is 0 Å². The number of halogens is 1. The lowest BCUT2D eigenvalue weighted by molar-refractivity contribution is -0.145. The monoisotopic (exact) mass is 362 g/mol. The maximum atomic E-state index is 11.6. The van der Waals surface area contributed by atoms with Gasteiger partial charge in [0.1, 0.15) is 5.75 Å². The van der Waals surface area contributed by atoms with E-state index >= 15 is 0 Å². The van der Waals surface area contributed by atoms with Gasteiger partial charge >= 0.3 is 5.97 Å². The maximum Gasteiger partial charge on any atom is 0.349 e. The van der Waals surface area contributed by atoms with Crippen molar-refractivity contribution in [3.63, 3.8) is 0 Å². The molecule has 0 spiro atoms. The number of carboxylic acid groups (broad SMARTS) is 1. The van der Waals surface area contributed by atoms with E-state index in [1.54, 1.807) is 24.3 Å². The van der Waals surface area contributed by atoms with Gasteiger partial charge < -0.3 is 9.84 Å². The first kappa shape index (κ1) is 16.6. The van der Waals surface area contributed by atoms with E-state index in [9.17, 15) is 9.90 Å². The molecule has 3 nitrogen and oxygen atoms in total.